The third kappa shape index (κ3) is 1.66. The zero-order valence-corrected chi connectivity index (χ0v) is 7.11. The number of hydrogen-bond acceptors (Lipinski definition) is 2. The van der Waals surface area contributed by atoms with Gasteiger partial charge in [0.1, 0.15) is 0 Å². The van der Waals surface area contributed by atoms with Gasteiger partial charge in [-0.25, -0.2) is 0 Å². The van der Waals surface area contributed by atoms with Gasteiger partial charge in [-0.1, -0.05) is 0 Å². The Hall–Kier alpha value is -0.650. The minimum Gasteiger partial charge on any atom is -0.258 e. The van der Waals surface area contributed by atoms with Gasteiger partial charge in [0.15, 0.2) is 0 Å². The van der Waals surface area contributed by atoms with Gasteiger partial charge in [0.05, 0.1) is 4.92 Å². The van der Waals surface area contributed by atoms with E-state index in [-0.39, 0.29) is 5.69 Å². The van der Waals surface area contributed by atoms with Crippen molar-refractivity contribution in [3.63, 3.8) is 0 Å². The van der Waals surface area contributed by atoms with Crippen LogP contribution in [-0.4, -0.2) is 4.92 Å². The maximum absolute atomic E-state index is 10.1. The fraction of sp³-hybridized carbons (Fsp3) is 0. The van der Waals surface area contributed by atoms with Crippen LogP contribution >= 0.6 is 22.6 Å². The van der Waals surface area contributed by atoms with E-state index in [1.807, 2.05) is 0 Å². The highest BCUT2D eigenvalue weighted by molar-refractivity contribution is 14.1. The van der Waals surface area contributed by atoms with Crippen molar-refractivity contribution in [1.82, 2.24) is 0 Å². The second-order valence-electron chi connectivity index (χ2n) is 1.73. The van der Waals surface area contributed by atoms with E-state index in [9.17, 15) is 10.1 Å². The zero-order chi connectivity index (χ0) is 7.56. The minimum atomic E-state index is -0.407. The van der Waals surface area contributed by atoms with Gasteiger partial charge in [-0.3, -0.25) is 10.1 Å². The lowest BCUT2D eigenvalue weighted by Crippen LogP contribution is -1.86. The number of benzene rings is 1. The van der Waals surface area contributed by atoms with Crippen LogP contribution in [0.4, 0.5) is 5.69 Å². The Morgan fingerprint density at radius 3 is 2.20 bits per heavy atom. The summed E-state index contributed by atoms with van der Waals surface area (Å²) in [7, 11) is 0. The van der Waals surface area contributed by atoms with Crippen molar-refractivity contribution in [1.29, 1.82) is 0 Å². The maximum atomic E-state index is 10.1. The van der Waals surface area contributed by atoms with Crippen molar-refractivity contribution in [2.45, 2.75) is 0 Å². The highest BCUT2D eigenvalue weighted by Crippen LogP contribution is 2.12. The number of halogens is 1. The van der Waals surface area contributed by atoms with Crippen LogP contribution in [0.2, 0.25) is 0 Å². The van der Waals surface area contributed by atoms with Gasteiger partial charge < -0.3 is 0 Å². The van der Waals surface area contributed by atoms with E-state index in [0.717, 1.165) is 3.57 Å². The van der Waals surface area contributed by atoms with E-state index in [2.05, 4.69) is 22.6 Å². The molecule has 0 N–H and O–H groups in total. The van der Waals surface area contributed by atoms with Crippen LogP contribution in [0.15, 0.2) is 24.3 Å². The predicted octanol–water partition coefficient (Wildman–Crippen LogP) is 2.20. The molecule has 0 amide bonds. The Bertz CT molecular complexity index is 244. The molecule has 0 aliphatic rings. The van der Waals surface area contributed by atoms with E-state index in [4.69, 9.17) is 0 Å². The van der Waals surface area contributed by atoms with Gasteiger partial charge in [-0.05, 0) is 34.7 Å². The van der Waals surface area contributed by atoms with Crippen LogP contribution in [0.1, 0.15) is 0 Å². The normalized spacial score (nSPS) is 9.30. The average molecular weight is 253 g/mol. The molecule has 0 saturated heterocycles. The van der Waals surface area contributed by atoms with Crippen molar-refractivity contribution in [3.05, 3.63) is 37.9 Å². The second kappa shape index (κ2) is 2.96. The molecule has 0 fully saturated rings. The van der Waals surface area contributed by atoms with Crippen molar-refractivity contribution >= 4 is 28.3 Å². The molecule has 3 nitrogen and oxygen atoms in total. The molecule has 1 aromatic carbocycles. The molecular weight excluding hydrogens is 249 g/mol. The molecule has 0 aliphatic heterocycles. The lowest BCUT2D eigenvalue weighted by atomic mass is 10.3. The van der Waals surface area contributed by atoms with E-state index in [0.29, 0.717) is 0 Å². The van der Waals surface area contributed by atoms with E-state index in [1.54, 1.807) is 12.1 Å². The van der Waals surface area contributed by atoms with Crippen LogP contribution in [0.25, 0.3) is 0 Å². The van der Waals surface area contributed by atoms with Crippen LogP contribution in [0.5, 0.6) is 0 Å². The van der Waals surface area contributed by atoms with Gasteiger partial charge in [0.25, 0.3) is 5.69 Å². The first-order chi connectivity index (χ1) is 4.70. The zero-order valence-electron chi connectivity index (χ0n) is 4.95. The second-order valence-corrected chi connectivity index (χ2v) is 2.98. The summed E-state index contributed by atoms with van der Waals surface area (Å²) in [6, 6.07) is 6.39. The summed E-state index contributed by atoms with van der Waals surface area (Å²) >= 11 is 2.10. The fourth-order valence-corrected chi connectivity index (χ4v) is 0.922. The molecule has 0 heterocycles. The number of hydrogen-bond donors (Lipinski definition) is 0. The number of nitrogens with zero attached hydrogens (tertiary/aromatic N) is 1. The van der Waals surface area contributed by atoms with E-state index < -0.39 is 4.92 Å². The number of rotatable bonds is 1. The Kier molecular flexibility index (Phi) is 2.21. The molecule has 1 aromatic rings. The van der Waals surface area contributed by atoms with E-state index in [1.165, 1.54) is 12.1 Å². The first kappa shape index (κ1) is 7.46. The molecular formula is C6H4INO2. The number of nitro groups is 1. The molecule has 0 aliphatic carbocycles. The Morgan fingerprint density at radius 1 is 1.30 bits per heavy atom. The first-order valence-electron chi connectivity index (χ1n) is 2.60. The largest absolute Gasteiger partial charge is 0.269 e. The predicted molar refractivity (Wildman–Crippen MR) is 45.8 cm³/mol. The van der Waals surface area contributed by atoms with Crippen LogP contribution in [-0.2, 0) is 0 Å². The monoisotopic (exact) mass is 253 g/mol. The number of non-ortho nitro benzene ring substituents is 1. The summed E-state index contributed by atoms with van der Waals surface area (Å²) in [6.07, 6.45) is 0. The topological polar surface area (TPSA) is 43.1 Å². The third-order valence-electron chi connectivity index (χ3n) is 1.04. The summed E-state index contributed by atoms with van der Waals surface area (Å²) in [5.74, 6) is 0. The molecule has 4 heteroatoms. The smallest absolute Gasteiger partial charge is 0.258 e. The Labute approximate surface area is 71.3 Å². The standard InChI is InChI=1S/C6H4INO2/c7-5-1-3-6(4-2-5)8(9)10/h1-4H/i7+4. The Balaban J connectivity index is 3.00. The van der Waals surface area contributed by atoms with Gasteiger partial charge in [-0.2, -0.15) is 0 Å². The molecule has 0 bridgehead atoms. The first-order valence-corrected chi connectivity index (χ1v) is 3.68. The highest BCUT2D eigenvalue weighted by atomic mass is 131. The highest BCUT2D eigenvalue weighted by Gasteiger charge is 2.01. The van der Waals surface area contributed by atoms with Crippen molar-refractivity contribution < 1.29 is 4.92 Å². The van der Waals surface area contributed by atoms with Gasteiger partial charge in [0.2, 0.25) is 0 Å². The molecule has 0 atom stereocenters. The fourth-order valence-electron chi connectivity index (χ4n) is 0.563. The minimum absolute atomic E-state index is 0.139. The summed E-state index contributed by atoms with van der Waals surface area (Å²) < 4.78 is 1.00. The van der Waals surface area contributed by atoms with E-state index >= 15 is 0 Å². The summed E-state index contributed by atoms with van der Waals surface area (Å²) in [6.45, 7) is 0. The third-order valence-corrected chi connectivity index (χ3v) is 1.76. The average Bonchev–Trinajstić information content (AvgIpc) is 1.88. The molecule has 0 aromatic heterocycles. The molecule has 52 valence electrons. The number of nitro benzene ring substituents is 1. The molecule has 1 rings (SSSR count). The summed E-state index contributed by atoms with van der Waals surface area (Å²) in [5, 5.41) is 10.1. The lowest BCUT2D eigenvalue weighted by Gasteiger charge is -1.88. The summed E-state index contributed by atoms with van der Waals surface area (Å²) in [5.41, 5.74) is 0.139. The molecule has 0 saturated carbocycles. The van der Waals surface area contributed by atoms with Crippen LogP contribution in [0, 0.1) is 13.7 Å². The summed E-state index contributed by atoms with van der Waals surface area (Å²) in [4.78, 5) is 9.71. The molecule has 10 heavy (non-hydrogen) atoms. The van der Waals surface area contributed by atoms with Gasteiger partial charge in [-0.15, -0.1) is 0 Å². The maximum Gasteiger partial charge on any atom is 0.269 e. The van der Waals surface area contributed by atoms with Crippen molar-refractivity contribution in [2.75, 3.05) is 0 Å². The molecule has 0 radical (unpaired) electrons. The van der Waals surface area contributed by atoms with Crippen molar-refractivity contribution in [3.8, 4) is 0 Å². The quantitative estimate of drug-likeness (QED) is 0.437. The van der Waals surface area contributed by atoms with Crippen molar-refractivity contribution in [2.24, 2.45) is 0 Å². The Morgan fingerprint density at radius 2 is 1.80 bits per heavy atom. The SMILES string of the molecule is O=[N+]([O-])c1ccc([131I])cc1. The van der Waals surface area contributed by atoms with Gasteiger partial charge >= 0.3 is 0 Å². The van der Waals surface area contributed by atoms with Gasteiger partial charge in [0, 0.05) is 15.7 Å². The molecule has 0 unspecified atom stereocenters. The van der Waals surface area contributed by atoms with Crippen LogP contribution < -0.4 is 0 Å². The van der Waals surface area contributed by atoms with Crippen LogP contribution in [0.3, 0.4) is 0 Å². The molecule has 0 spiro atoms. The lowest BCUT2D eigenvalue weighted by molar-refractivity contribution is -0.384.